The maximum atomic E-state index is 11.9. The molecule has 16 heavy (non-hydrogen) atoms. The van der Waals surface area contributed by atoms with E-state index in [2.05, 4.69) is 15.7 Å². The zero-order valence-corrected chi connectivity index (χ0v) is 9.57. The van der Waals surface area contributed by atoms with Crippen LogP contribution in [0.1, 0.15) is 25.7 Å². The highest BCUT2D eigenvalue weighted by Crippen LogP contribution is 2.10. The van der Waals surface area contributed by atoms with Crippen molar-refractivity contribution in [3.05, 3.63) is 12.3 Å². The van der Waals surface area contributed by atoms with Crippen molar-refractivity contribution in [3.8, 4) is 0 Å². The third-order valence-corrected chi connectivity index (χ3v) is 2.84. The van der Waals surface area contributed by atoms with Gasteiger partial charge >= 0.3 is 0 Å². The lowest BCUT2D eigenvalue weighted by atomic mass is 10.1. The Morgan fingerprint density at radius 3 is 3.19 bits per heavy atom. The van der Waals surface area contributed by atoms with E-state index >= 15 is 0 Å². The average Bonchev–Trinajstić information content (AvgIpc) is 2.56. The molecule has 1 amide bonds. The van der Waals surface area contributed by atoms with Gasteiger partial charge in [-0.1, -0.05) is 12.8 Å². The summed E-state index contributed by atoms with van der Waals surface area (Å²) in [4.78, 5) is 11.9. The number of carbonyl (C=O) groups excluding carboxylic acids is 1. The molecule has 5 nitrogen and oxygen atoms in total. The zero-order chi connectivity index (χ0) is 11.4. The van der Waals surface area contributed by atoms with Crippen LogP contribution in [0.15, 0.2) is 12.3 Å². The Balaban J connectivity index is 1.91. The minimum atomic E-state index is -0.0653. The Hall–Kier alpha value is -1.36. The third-order valence-electron chi connectivity index (χ3n) is 2.84. The molecule has 0 radical (unpaired) electrons. The van der Waals surface area contributed by atoms with Crippen LogP contribution >= 0.6 is 0 Å². The van der Waals surface area contributed by atoms with Gasteiger partial charge in [-0.2, -0.15) is 5.10 Å². The number of aryl methyl sites for hydroxylation is 1. The molecule has 0 spiro atoms. The Morgan fingerprint density at radius 1 is 1.56 bits per heavy atom. The van der Waals surface area contributed by atoms with Gasteiger partial charge in [-0.05, 0) is 19.4 Å². The fraction of sp³-hybridized carbons (Fsp3) is 0.636. The molecule has 1 unspecified atom stereocenters. The highest BCUT2D eigenvalue weighted by molar-refractivity contribution is 5.93. The first-order valence-electron chi connectivity index (χ1n) is 5.79. The van der Waals surface area contributed by atoms with Gasteiger partial charge < -0.3 is 10.6 Å². The van der Waals surface area contributed by atoms with Gasteiger partial charge in [0, 0.05) is 19.3 Å². The summed E-state index contributed by atoms with van der Waals surface area (Å²) in [5.41, 5.74) is 0. The molecule has 1 aromatic rings. The van der Waals surface area contributed by atoms with Crippen LogP contribution in [0, 0.1) is 0 Å². The molecule has 1 fully saturated rings. The SMILES string of the molecule is Cn1ccc(NC(=O)C2CCCCCN2)n1. The molecule has 0 bridgehead atoms. The quantitative estimate of drug-likeness (QED) is 0.781. The van der Waals surface area contributed by atoms with Crippen molar-refractivity contribution in [2.24, 2.45) is 7.05 Å². The van der Waals surface area contributed by atoms with Crippen molar-refractivity contribution in [3.63, 3.8) is 0 Å². The van der Waals surface area contributed by atoms with E-state index in [9.17, 15) is 4.79 Å². The Kier molecular flexibility index (Phi) is 3.56. The Labute approximate surface area is 95.2 Å². The first-order chi connectivity index (χ1) is 7.75. The molecule has 2 N–H and O–H groups in total. The molecular weight excluding hydrogens is 204 g/mol. The minimum Gasteiger partial charge on any atom is -0.308 e. The number of nitrogens with zero attached hydrogens (tertiary/aromatic N) is 2. The number of nitrogens with one attached hydrogen (secondary N) is 2. The number of anilines is 1. The van der Waals surface area contributed by atoms with Crippen molar-refractivity contribution in [1.29, 1.82) is 0 Å². The minimum absolute atomic E-state index is 0.0283. The first-order valence-corrected chi connectivity index (χ1v) is 5.79. The fourth-order valence-corrected chi connectivity index (χ4v) is 1.95. The van der Waals surface area contributed by atoms with E-state index in [1.807, 2.05) is 13.2 Å². The standard InChI is InChI=1S/C11H18N4O/c1-15-8-6-10(14-15)13-11(16)9-5-3-2-4-7-12-9/h6,8-9,12H,2-5,7H2,1H3,(H,13,14,16). The van der Waals surface area contributed by atoms with Gasteiger partial charge in [0.05, 0.1) is 6.04 Å². The molecule has 1 saturated heterocycles. The summed E-state index contributed by atoms with van der Waals surface area (Å²) in [7, 11) is 1.83. The van der Waals surface area contributed by atoms with E-state index in [1.165, 1.54) is 6.42 Å². The zero-order valence-electron chi connectivity index (χ0n) is 9.57. The fourth-order valence-electron chi connectivity index (χ4n) is 1.95. The Bertz CT molecular complexity index is 353. The van der Waals surface area contributed by atoms with Gasteiger partial charge in [0.25, 0.3) is 0 Å². The number of amides is 1. The number of hydrogen-bond donors (Lipinski definition) is 2. The van der Waals surface area contributed by atoms with E-state index in [0.29, 0.717) is 5.82 Å². The predicted molar refractivity (Wildman–Crippen MR) is 62.1 cm³/mol. The molecule has 1 aromatic heterocycles. The van der Waals surface area contributed by atoms with Crippen LogP contribution in [0.25, 0.3) is 0 Å². The maximum Gasteiger partial charge on any atom is 0.242 e. The summed E-state index contributed by atoms with van der Waals surface area (Å²) >= 11 is 0. The predicted octanol–water partition coefficient (Wildman–Crippen LogP) is 0.891. The molecule has 0 aliphatic carbocycles. The van der Waals surface area contributed by atoms with Gasteiger partial charge in [0.2, 0.25) is 5.91 Å². The van der Waals surface area contributed by atoms with Gasteiger partial charge in [0.1, 0.15) is 0 Å². The number of hydrogen-bond acceptors (Lipinski definition) is 3. The average molecular weight is 222 g/mol. The van der Waals surface area contributed by atoms with Crippen LogP contribution in [0.2, 0.25) is 0 Å². The number of carbonyl (C=O) groups is 1. The molecule has 0 saturated carbocycles. The van der Waals surface area contributed by atoms with E-state index in [4.69, 9.17) is 0 Å². The molecular formula is C11H18N4O. The van der Waals surface area contributed by atoms with Crippen LogP contribution in [0.3, 0.4) is 0 Å². The van der Waals surface area contributed by atoms with Crippen LogP contribution in [-0.4, -0.2) is 28.3 Å². The monoisotopic (exact) mass is 222 g/mol. The van der Waals surface area contributed by atoms with E-state index in [-0.39, 0.29) is 11.9 Å². The van der Waals surface area contributed by atoms with Crippen molar-refractivity contribution in [2.75, 3.05) is 11.9 Å². The number of rotatable bonds is 2. The Morgan fingerprint density at radius 2 is 2.44 bits per heavy atom. The van der Waals surface area contributed by atoms with E-state index in [1.54, 1.807) is 10.7 Å². The number of aromatic nitrogens is 2. The second-order valence-corrected chi connectivity index (χ2v) is 4.22. The third kappa shape index (κ3) is 2.82. The summed E-state index contributed by atoms with van der Waals surface area (Å²) in [6.45, 7) is 0.931. The molecule has 2 heterocycles. The van der Waals surface area contributed by atoms with E-state index < -0.39 is 0 Å². The molecule has 1 aliphatic rings. The molecule has 0 aromatic carbocycles. The van der Waals surface area contributed by atoms with Crippen molar-refractivity contribution in [1.82, 2.24) is 15.1 Å². The summed E-state index contributed by atoms with van der Waals surface area (Å²) in [6, 6.07) is 1.73. The highest BCUT2D eigenvalue weighted by Gasteiger charge is 2.19. The molecule has 1 atom stereocenters. The molecule has 2 rings (SSSR count). The second-order valence-electron chi connectivity index (χ2n) is 4.22. The van der Waals surface area contributed by atoms with Gasteiger partial charge in [-0.25, -0.2) is 0 Å². The lowest BCUT2D eigenvalue weighted by Gasteiger charge is -2.14. The van der Waals surface area contributed by atoms with Crippen LogP contribution in [0.4, 0.5) is 5.82 Å². The topological polar surface area (TPSA) is 59.0 Å². The summed E-state index contributed by atoms with van der Waals surface area (Å²) < 4.78 is 1.68. The van der Waals surface area contributed by atoms with Crippen molar-refractivity contribution < 1.29 is 4.79 Å². The maximum absolute atomic E-state index is 11.9. The first kappa shape index (κ1) is 11.1. The van der Waals surface area contributed by atoms with Crippen molar-refractivity contribution in [2.45, 2.75) is 31.7 Å². The highest BCUT2D eigenvalue weighted by atomic mass is 16.2. The normalized spacial score (nSPS) is 21.4. The summed E-state index contributed by atoms with van der Waals surface area (Å²) in [5.74, 6) is 0.652. The molecule has 1 aliphatic heterocycles. The van der Waals surface area contributed by atoms with Crippen LogP contribution in [-0.2, 0) is 11.8 Å². The van der Waals surface area contributed by atoms with Crippen molar-refractivity contribution >= 4 is 11.7 Å². The second kappa shape index (κ2) is 5.12. The lowest BCUT2D eigenvalue weighted by molar-refractivity contribution is -0.118. The lowest BCUT2D eigenvalue weighted by Crippen LogP contribution is -2.39. The smallest absolute Gasteiger partial charge is 0.242 e. The van der Waals surface area contributed by atoms with Gasteiger partial charge in [-0.15, -0.1) is 0 Å². The largest absolute Gasteiger partial charge is 0.308 e. The molecule has 5 heteroatoms. The van der Waals surface area contributed by atoms with E-state index in [0.717, 1.165) is 25.8 Å². The summed E-state index contributed by atoms with van der Waals surface area (Å²) in [6.07, 6.45) is 6.22. The van der Waals surface area contributed by atoms with Crippen LogP contribution in [0.5, 0.6) is 0 Å². The van der Waals surface area contributed by atoms with Gasteiger partial charge in [0.15, 0.2) is 5.82 Å². The summed E-state index contributed by atoms with van der Waals surface area (Å²) in [5, 5.41) is 10.2. The van der Waals surface area contributed by atoms with Gasteiger partial charge in [-0.3, -0.25) is 9.48 Å². The molecule has 88 valence electrons. The van der Waals surface area contributed by atoms with Crippen LogP contribution < -0.4 is 10.6 Å².